The molecule has 0 aliphatic carbocycles. The maximum Gasteiger partial charge on any atom is 0.253 e. The third-order valence-corrected chi connectivity index (χ3v) is 3.86. The maximum atomic E-state index is 12.5. The summed E-state index contributed by atoms with van der Waals surface area (Å²) in [4.78, 5) is 36.6. The van der Waals surface area contributed by atoms with Crippen molar-refractivity contribution in [1.29, 1.82) is 0 Å². The summed E-state index contributed by atoms with van der Waals surface area (Å²) in [6.07, 6.45) is 1.10. The molecule has 0 saturated carbocycles. The number of benzene rings is 1. The van der Waals surface area contributed by atoms with Gasteiger partial charge in [0, 0.05) is 37.3 Å². The largest absolute Gasteiger partial charge is 0.352 e. The van der Waals surface area contributed by atoms with E-state index in [1.54, 1.807) is 23.1 Å². The molecule has 1 fully saturated rings. The number of anilines is 1. The first kappa shape index (κ1) is 13.6. The Hall–Kier alpha value is -2.37. The molecule has 2 heterocycles. The lowest BCUT2D eigenvalue weighted by Crippen LogP contribution is -2.37. The van der Waals surface area contributed by atoms with E-state index in [0.717, 1.165) is 17.7 Å². The van der Waals surface area contributed by atoms with Crippen molar-refractivity contribution in [2.75, 3.05) is 18.4 Å². The summed E-state index contributed by atoms with van der Waals surface area (Å²) in [6.45, 7) is 2.65. The molecule has 6 heteroatoms. The van der Waals surface area contributed by atoms with E-state index in [4.69, 9.17) is 0 Å². The number of rotatable bonds is 2. The average Bonchev–Trinajstić information content (AvgIpc) is 3.01. The van der Waals surface area contributed by atoms with Crippen molar-refractivity contribution in [3.05, 3.63) is 29.3 Å². The highest BCUT2D eigenvalue weighted by molar-refractivity contribution is 6.01. The van der Waals surface area contributed by atoms with Gasteiger partial charge in [0.25, 0.3) is 5.91 Å². The van der Waals surface area contributed by atoms with Crippen LogP contribution in [0.3, 0.4) is 0 Å². The molecule has 1 aromatic rings. The van der Waals surface area contributed by atoms with E-state index in [2.05, 4.69) is 10.6 Å². The molecular weight excluding hydrogens is 270 g/mol. The van der Waals surface area contributed by atoms with Crippen LogP contribution in [0, 0.1) is 0 Å². The smallest absolute Gasteiger partial charge is 0.253 e. The quantitative estimate of drug-likeness (QED) is 0.833. The van der Waals surface area contributed by atoms with Crippen molar-refractivity contribution < 1.29 is 14.4 Å². The van der Waals surface area contributed by atoms with Gasteiger partial charge < -0.3 is 15.5 Å². The Balaban J connectivity index is 1.71. The minimum atomic E-state index is -0.0728. The lowest BCUT2D eigenvalue weighted by molar-refractivity contribution is -0.119. The molecule has 1 saturated heterocycles. The van der Waals surface area contributed by atoms with Gasteiger partial charge in [0.1, 0.15) is 0 Å². The predicted octanol–water partition coefficient (Wildman–Crippen LogP) is 0.532. The molecule has 3 rings (SSSR count). The fourth-order valence-electron chi connectivity index (χ4n) is 2.89. The zero-order valence-corrected chi connectivity index (χ0v) is 11.8. The van der Waals surface area contributed by atoms with Gasteiger partial charge in [0.05, 0.1) is 6.42 Å². The van der Waals surface area contributed by atoms with Crippen molar-refractivity contribution in [3.63, 3.8) is 0 Å². The van der Waals surface area contributed by atoms with Gasteiger partial charge in [-0.1, -0.05) is 0 Å². The van der Waals surface area contributed by atoms with Crippen LogP contribution in [0.25, 0.3) is 0 Å². The molecule has 3 amide bonds. The number of nitrogens with one attached hydrogen (secondary N) is 2. The van der Waals surface area contributed by atoms with Gasteiger partial charge in [-0.3, -0.25) is 14.4 Å². The Morgan fingerprint density at radius 1 is 1.38 bits per heavy atom. The number of carbonyl (C=O) groups excluding carboxylic acids is 3. The number of hydrogen-bond donors (Lipinski definition) is 2. The van der Waals surface area contributed by atoms with Crippen molar-refractivity contribution in [3.8, 4) is 0 Å². The second-order valence-electron chi connectivity index (χ2n) is 5.53. The number of amides is 3. The summed E-state index contributed by atoms with van der Waals surface area (Å²) in [6, 6.07) is 5.32. The van der Waals surface area contributed by atoms with Crippen LogP contribution in [0.5, 0.6) is 0 Å². The van der Waals surface area contributed by atoms with E-state index in [0.29, 0.717) is 25.1 Å². The summed E-state index contributed by atoms with van der Waals surface area (Å²) in [5, 5.41) is 5.59. The minimum absolute atomic E-state index is 0.0316. The van der Waals surface area contributed by atoms with E-state index in [9.17, 15) is 14.4 Å². The molecule has 0 spiro atoms. The number of fused-ring (bicyclic) bond motifs is 1. The molecule has 1 atom stereocenters. The molecule has 6 nitrogen and oxygen atoms in total. The van der Waals surface area contributed by atoms with E-state index in [-0.39, 0.29) is 23.8 Å². The minimum Gasteiger partial charge on any atom is -0.352 e. The second-order valence-corrected chi connectivity index (χ2v) is 5.53. The van der Waals surface area contributed by atoms with Crippen LogP contribution in [-0.4, -0.2) is 41.8 Å². The van der Waals surface area contributed by atoms with Crippen LogP contribution in [0.15, 0.2) is 18.2 Å². The molecule has 21 heavy (non-hydrogen) atoms. The average molecular weight is 287 g/mol. The van der Waals surface area contributed by atoms with Crippen molar-refractivity contribution >= 4 is 23.4 Å². The monoisotopic (exact) mass is 287 g/mol. The van der Waals surface area contributed by atoms with Crippen LogP contribution >= 0.6 is 0 Å². The lowest BCUT2D eigenvalue weighted by atomic mass is 10.1. The number of nitrogens with zero attached hydrogens (tertiary/aromatic N) is 1. The standard InChI is InChI=1S/C15H17N3O3/c1-9(19)16-12-4-5-18(8-12)15(21)10-2-3-13-11(6-10)7-14(20)17-13/h2-3,6,12H,4-5,7-8H2,1H3,(H,16,19)(H,17,20). The zero-order valence-electron chi connectivity index (χ0n) is 11.8. The Labute approximate surface area is 122 Å². The highest BCUT2D eigenvalue weighted by Gasteiger charge is 2.28. The van der Waals surface area contributed by atoms with Gasteiger partial charge in [-0.25, -0.2) is 0 Å². The van der Waals surface area contributed by atoms with E-state index in [1.807, 2.05) is 0 Å². The highest BCUT2D eigenvalue weighted by Crippen LogP contribution is 2.25. The Kier molecular flexibility index (Phi) is 3.37. The Morgan fingerprint density at radius 3 is 2.95 bits per heavy atom. The van der Waals surface area contributed by atoms with Gasteiger partial charge in [0.2, 0.25) is 11.8 Å². The van der Waals surface area contributed by atoms with Gasteiger partial charge in [-0.2, -0.15) is 0 Å². The van der Waals surface area contributed by atoms with E-state index in [1.165, 1.54) is 6.92 Å². The van der Waals surface area contributed by atoms with Crippen LogP contribution in [0.1, 0.15) is 29.3 Å². The van der Waals surface area contributed by atoms with Gasteiger partial charge in [-0.15, -0.1) is 0 Å². The molecule has 0 aromatic heterocycles. The molecule has 2 aliphatic rings. The lowest BCUT2D eigenvalue weighted by Gasteiger charge is -2.17. The highest BCUT2D eigenvalue weighted by atomic mass is 16.2. The zero-order chi connectivity index (χ0) is 15.0. The number of carbonyl (C=O) groups is 3. The molecule has 2 N–H and O–H groups in total. The number of likely N-dealkylation sites (tertiary alicyclic amines) is 1. The van der Waals surface area contributed by atoms with Crippen molar-refractivity contribution in [2.45, 2.75) is 25.8 Å². The molecule has 0 radical (unpaired) electrons. The first-order chi connectivity index (χ1) is 10.0. The fraction of sp³-hybridized carbons (Fsp3) is 0.400. The number of hydrogen-bond acceptors (Lipinski definition) is 3. The topological polar surface area (TPSA) is 78.5 Å². The Bertz CT molecular complexity index is 627. The molecule has 1 unspecified atom stereocenters. The molecule has 2 aliphatic heterocycles. The fourth-order valence-corrected chi connectivity index (χ4v) is 2.89. The van der Waals surface area contributed by atoms with Crippen molar-refractivity contribution in [2.24, 2.45) is 0 Å². The van der Waals surface area contributed by atoms with Crippen LogP contribution in [0.4, 0.5) is 5.69 Å². The van der Waals surface area contributed by atoms with E-state index < -0.39 is 0 Å². The first-order valence-corrected chi connectivity index (χ1v) is 7.02. The molecule has 0 bridgehead atoms. The summed E-state index contributed by atoms with van der Waals surface area (Å²) in [5.41, 5.74) is 2.24. The van der Waals surface area contributed by atoms with Gasteiger partial charge in [0.15, 0.2) is 0 Å². The summed E-state index contributed by atoms with van der Waals surface area (Å²) in [5.74, 6) is -0.164. The van der Waals surface area contributed by atoms with Crippen LogP contribution in [0.2, 0.25) is 0 Å². The predicted molar refractivity (Wildman–Crippen MR) is 76.9 cm³/mol. The van der Waals surface area contributed by atoms with E-state index >= 15 is 0 Å². The Morgan fingerprint density at radius 2 is 2.19 bits per heavy atom. The van der Waals surface area contributed by atoms with Crippen LogP contribution < -0.4 is 10.6 Å². The van der Waals surface area contributed by atoms with Crippen LogP contribution in [-0.2, 0) is 16.0 Å². The second kappa shape index (κ2) is 5.20. The normalized spacial score (nSPS) is 20.1. The summed E-state index contributed by atoms with van der Waals surface area (Å²) < 4.78 is 0. The summed E-state index contributed by atoms with van der Waals surface area (Å²) >= 11 is 0. The van der Waals surface area contributed by atoms with Gasteiger partial charge in [-0.05, 0) is 30.2 Å². The van der Waals surface area contributed by atoms with Crippen molar-refractivity contribution in [1.82, 2.24) is 10.2 Å². The third kappa shape index (κ3) is 2.74. The first-order valence-electron chi connectivity index (χ1n) is 7.02. The third-order valence-electron chi connectivity index (χ3n) is 3.86. The molecular formula is C15H17N3O3. The SMILES string of the molecule is CC(=O)NC1CCN(C(=O)c2ccc3c(c2)CC(=O)N3)C1. The molecule has 1 aromatic carbocycles. The maximum absolute atomic E-state index is 12.5. The van der Waals surface area contributed by atoms with Gasteiger partial charge >= 0.3 is 0 Å². The molecule has 110 valence electrons. The summed E-state index contributed by atoms with van der Waals surface area (Å²) in [7, 11) is 0.